The summed E-state index contributed by atoms with van der Waals surface area (Å²) in [5.74, 6) is -0.159. The molecule has 0 spiro atoms. The zero-order valence-electron chi connectivity index (χ0n) is 16.8. The Bertz CT molecular complexity index is 635. The Morgan fingerprint density at radius 2 is 1.64 bits per heavy atom. The van der Waals surface area contributed by atoms with Crippen molar-refractivity contribution >= 4 is 29.4 Å². The fraction of sp³-hybridized carbons (Fsp3) is 0.619. The van der Waals surface area contributed by atoms with E-state index in [-0.39, 0.29) is 11.6 Å². The van der Waals surface area contributed by atoms with E-state index in [4.69, 9.17) is 11.6 Å². The molecule has 0 atom stereocenters. The predicted octanol–water partition coefficient (Wildman–Crippen LogP) is 6.40. The van der Waals surface area contributed by atoms with Crippen LogP contribution in [0.2, 0.25) is 5.02 Å². The second-order valence-corrected chi connectivity index (χ2v) is 7.45. The van der Waals surface area contributed by atoms with Crippen LogP contribution in [-0.4, -0.2) is 17.0 Å². The van der Waals surface area contributed by atoms with Crippen LogP contribution < -0.4 is 5.43 Å². The van der Waals surface area contributed by atoms with Gasteiger partial charge in [-0.3, -0.25) is 14.9 Å². The smallest absolute Gasteiger partial charge is 0.270 e. The number of non-ortho nitro benzene ring substituents is 1. The zero-order valence-corrected chi connectivity index (χ0v) is 17.5. The molecule has 0 radical (unpaired) electrons. The molecule has 0 fully saturated rings. The molecule has 0 heterocycles. The van der Waals surface area contributed by atoms with E-state index in [1.807, 2.05) is 0 Å². The summed E-state index contributed by atoms with van der Waals surface area (Å²) in [6, 6.07) is 4.08. The van der Waals surface area contributed by atoms with Gasteiger partial charge < -0.3 is 0 Å². The van der Waals surface area contributed by atoms with Crippen LogP contribution in [0.3, 0.4) is 0 Å². The molecule has 0 aliphatic heterocycles. The predicted molar refractivity (Wildman–Crippen MR) is 115 cm³/mol. The number of nitro benzene ring substituents is 1. The van der Waals surface area contributed by atoms with Crippen molar-refractivity contribution in [1.82, 2.24) is 5.43 Å². The molecule has 156 valence electrons. The number of nitrogens with zero attached hydrogens (tertiary/aromatic N) is 2. The van der Waals surface area contributed by atoms with Crippen molar-refractivity contribution in [3.63, 3.8) is 0 Å². The number of nitro groups is 1. The van der Waals surface area contributed by atoms with Gasteiger partial charge in [0.25, 0.3) is 5.69 Å². The van der Waals surface area contributed by atoms with Gasteiger partial charge in [-0.2, -0.15) is 5.10 Å². The van der Waals surface area contributed by atoms with Crippen molar-refractivity contribution in [1.29, 1.82) is 0 Å². The summed E-state index contributed by atoms with van der Waals surface area (Å²) in [5, 5.41) is 15.0. The number of unbranched alkanes of at least 4 members (excludes halogenated alkanes) is 10. The number of rotatable bonds is 15. The highest BCUT2D eigenvalue weighted by atomic mass is 35.5. The van der Waals surface area contributed by atoms with Crippen molar-refractivity contribution in [2.75, 3.05) is 0 Å². The number of halogens is 1. The van der Waals surface area contributed by atoms with Gasteiger partial charge in [-0.1, -0.05) is 82.7 Å². The van der Waals surface area contributed by atoms with E-state index in [2.05, 4.69) is 17.5 Å². The third kappa shape index (κ3) is 11.0. The Balaban J connectivity index is 2.10. The molecule has 0 saturated carbocycles. The van der Waals surface area contributed by atoms with E-state index in [0.717, 1.165) is 19.3 Å². The van der Waals surface area contributed by atoms with Crippen LogP contribution >= 0.6 is 11.6 Å². The number of carbonyl (C=O) groups excluding carboxylic acids is 1. The van der Waals surface area contributed by atoms with Crippen LogP contribution in [0.15, 0.2) is 23.3 Å². The van der Waals surface area contributed by atoms with Gasteiger partial charge in [-0.25, -0.2) is 5.43 Å². The van der Waals surface area contributed by atoms with Gasteiger partial charge in [0.05, 0.1) is 11.1 Å². The maximum Gasteiger partial charge on any atom is 0.270 e. The van der Waals surface area contributed by atoms with E-state index in [0.29, 0.717) is 17.0 Å². The van der Waals surface area contributed by atoms with Crippen molar-refractivity contribution < 1.29 is 9.72 Å². The van der Waals surface area contributed by atoms with Crippen LogP contribution in [0.4, 0.5) is 5.69 Å². The number of hydrazone groups is 1. The summed E-state index contributed by atoms with van der Waals surface area (Å²) in [5.41, 5.74) is 2.77. The fourth-order valence-electron chi connectivity index (χ4n) is 2.92. The van der Waals surface area contributed by atoms with Gasteiger partial charge in [-0.15, -0.1) is 0 Å². The molecule has 6 nitrogen and oxygen atoms in total. The molecule has 7 heteroatoms. The zero-order chi connectivity index (χ0) is 20.6. The first kappa shape index (κ1) is 24.1. The molecule has 28 heavy (non-hydrogen) atoms. The highest BCUT2D eigenvalue weighted by Crippen LogP contribution is 2.20. The average Bonchev–Trinajstić information content (AvgIpc) is 2.67. The highest BCUT2D eigenvalue weighted by molar-refractivity contribution is 6.33. The van der Waals surface area contributed by atoms with Gasteiger partial charge in [-0.05, 0) is 12.5 Å². The summed E-state index contributed by atoms with van der Waals surface area (Å²) < 4.78 is 0. The van der Waals surface area contributed by atoms with Crippen molar-refractivity contribution in [2.45, 2.75) is 84.0 Å². The topological polar surface area (TPSA) is 84.6 Å². The minimum Gasteiger partial charge on any atom is -0.273 e. The Morgan fingerprint density at radius 1 is 1.07 bits per heavy atom. The van der Waals surface area contributed by atoms with Crippen LogP contribution in [0.5, 0.6) is 0 Å². The highest BCUT2D eigenvalue weighted by Gasteiger charge is 2.08. The van der Waals surface area contributed by atoms with Crippen LogP contribution in [0.25, 0.3) is 0 Å². The largest absolute Gasteiger partial charge is 0.273 e. The van der Waals surface area contributed by atoms with Gasteiger partial charge in [0.15, 0.2) is 0 Å². The van der Waals surface area contributed by atoms with E-state index in [1.54, 1.807) is 0 Å². The van der Waals surface area contributed by atoms with Gasteiger partial charge in [0.2, 0.25) is 5.91 Å². The van der Waals surface area contributed by atoms with Crippen LogP contribution in [0.1, 0.15) is 89.5 Å². The molecule has 0 aromatic heterocycles. The number of benzene rings is 1. The number of hydrogen-bond donors (Lipinski definition) is 1. The lowest BCUT2D eigenvalue weighted by Gasteiger charge is -2.03. The Hall–Kier alpha value is -1.95. The Kier molecular flexibility index (Phi) is 12.9. The molecule has 0 aliphatic carbocycles. The second kappa shape index (κ2) is 15.0. The maximum atomic E-state index is 11.8. The summed E-state index contributed by atoms with van der Waals surface area (Å²) in [6.07, 6.45) is 15.3. The molecular formula is C21H32ClN3O3. The summed E-state index contributed by atoms with van der Waals surface area (Å²) in [4.78, 5) is 22.1. The summed E-state index contributed by atoms with van der Waals surface area (Å²) >= 11 is 5.98. The van der Waals surface area contributed by atoms with E-state index in [1.165, 1.54) is 75.8 Å². The fourth-order valence-corrected chi connectivity index (χ4v) is 3.09. The molecule has 0 aliphatic rings. The Morgan fingerprint density at radius 3 is 2.21 bits per heavy atom. The van der Waals surface area contributed by atoms with Gasteiger partial charge in [0, 0.05) is 29.1 Å². The standard InChI is InChI=1S/C21H32ClN3O3/c1-2-3-4-5-6-7-8-9-10-11-12-13-21(26)24-23-17-18-16-19(25(27)28)14-15-20(18)22/h14-17H,2-13H2,1H3,(H,24,26)/b23-17+. The molecular weight excluding hydrogens is 378 g/mol. The van der Waals surface area contributed by atoms with E-state index < -0.39 is 4.92 Å². The van der Waals surface area contributed by atoms with Crippen molar-refractivity contribution in [2.24, 2.45) is 5.10 Å². The number of carbonyl (C=O) groups is 1. The van der Waals surface area contributed by atoms with E-state index in [9.17, 15) is 14.9 Å². The van der Waals surface area contributed by atoms with Crippen molar-refractivity contribution in [3.05, 3.63) is 38.9 Å². The third-order valence-corrected chi connectivity index (χ3v) is 4.93. The SMILES string of the molecule is CCCCCCCCCCCCCC(=O)N/N=C/c1cc([N+](=O)[O-])ccc1Cl. The lowest BCUT2D eigenvalue weighted by Crippen LogP contribution is -2.16. The molecule has 1 aromatic carbocycles. The first-order valence-corrected chi connectivity index (χ1v) is 10.7. The van der Waals surface area contributed by atoms with Gasteiger partial charge in [0.1, 0.15) is 0 Å². The van der Waals surface area contributed by atoms with E-state index >= 15 is 0 Å². The second-order valence-electron chi connectivity index (χ2n) is 7.04. The molecule has 1 aromatic rings. The molecule has 0 unspecified atom stereocenters. The number of hydrogen-bond acceptors (Lipinski definition) is 4. The molecule has 1 N–H and O–H groups in total. The number of nitrogens with one attached hydrogen (secondary N) is 1. The monoisotopic (exact) mass is 409 g/mol. The Labute approximate surface area is 172 Å². The number of amides is 1. The summed E-state index contributed by atoms with van der Waals surface area (Å²) in [6.45, 7) is 2.24. The third-order valence-electron chi connectivity index (χ3n) is 4.59. The normalized spacial score (nSPS) is 11.1. The lowest BCUT2D eigenvalue weighted by molar-refractivity contribution is -0.384. The minimum atomic E-state index is -0.501. The van der Waals surface area contributed by atoms with Crippen LogP contribution in [0, 0.1) is 10.1 Å². The lowest BCUT2D eigenvalue weighted by atomic mass is 10.1. The molecule has 1 amide bonds. The molecule has 0 bridgehead atoms. The molecule has 0 saturated heterocycles. The quantitative estimate of drug-likeness (QED) is 0.157. The summed E-state index contributed by atoms with van der Waals surface area (Å²) in [7, 11) is 0. The first-order chi connectivity index (χ1) is 13.5. The maximum absolute atomic E-state index is 11.8. The average molecular weight is 410 g/mol. The first-order valence-electron chi connectivity index (χ1n) is 10.3. The minimum absolute atomic E-state index is 0.0712. The van der Waals surface area contributed by atoms with Crippen molar-refractivity contribution in [3.8, 4) is 0 Å². The van der Waals surface area contributed by atoms with Gasteiger partial charge >= 0.3 is 0 Å². The molecule has 1 rings (SSSR count). The van der Waals surface area contributed by atoms with Crippen LogP contribution in [-0.2, 0) is 4.79 Å².